The van der Waals surface area contributed by atoms with Crippen LogP contribution >= 0.6 is 0 Å². The summed E-state index contributed by atoms with van der Waals surface area (Å²) >= 11 is 0. The Morgan fingerprint density at radius 1 is 1.09 bits per heavy atom. The van der Waals surface area contributed by atoms with Gasteiger partial charge in [0.15, 0.2) is 5.82 Å². The molecule has 3 nitrogen and oxygen atoms in total. The second-order valence-corrected chi connectivity index (χ2v) is 3.54. The van der Waals surface area contributed by atoms with Crippen LogP contribution in [0.2, 0.25) is 0 Å². The van der Waals surface area contributed by atoms with Gasteiger partial charge >= 0.3 is 0 Å². The molecular formula is C8H10N2O. The molecule has 0 amide bonds. The van der Waals surface area contributed by atoms with Gasteiger partial charge in [0.25, 0.3) is 0 Å². The van der Waals surface area contributed by atoms with Crippen LogP contribution in [0, 0.1) is 0 Å². The van der Waals surface area contributed by atoms with Crippen LogP contribution in [0.25, 0.3) is 0 Å². The topological polar surface area (TPSA) is 38.9 Å². The summed E-state index contributed by atoms with van der Waals surface area (Å²) in [6.07, 6.45) is 4.99. The molecule has 0 unspecified atom stereocenters. The fourth-order valence-electron chi connectivity index (χ4n) is 1.25. The van der Waals surface area contributed by atoms with E-state index < -0.39 is 0 Å². The monoisotopic (exact) mass is 150 g/mol. The summed E-state index contributed by atoms with van der Waals surface area (Å²) in [6, 6.07) is 0. The Labute approximate surface area is 64.8 Å². The molecule has 0 aliphatic heterocycles. The maximum Gasteiger partial charge on any atom is 0.229 e. The molecule has 0 radical (unpaired) electrons. The first-order valence-electron chi connectivity index (χ1n) is 4.27. The number of aromatic nitrogens is 2. The number of hydrogen-bond acceptors (Lipinski definition) is 3. The highest BCUT2D eigenvalue weighted by atomic mass is 16.5. The molecule has 1 aromatic rings. The van der Waals surface area contributed by atoms with E-state index in [1.165, 1.54) is 25.7 Å². The third kappa shape index (κ3) is 0.951. The number of nitrogens with zero attached hydrogens (tertiary/aromatic N) is 2. The van der Waals surface area contributed by atoms with Gasteiger partial charge in [-0.2, -0.15) is 4.98 Å². The van der Waals surface area contributed by atoms with Crippen LogP contribution in [0.1, 0.15) is 49.2 Å². The van der Waals surface area contributed by atoms with Gasteiger partial charge in [-0.1, -0.05) is 5.16 Å². The Balaban J connectivity index is 1.88. The molecule has 3 heteroatoms. The van der Waals surface area contributed by atoms with E-state index in [9.17, 15) is 0 Å². The van der Waals surface area contributed by atoms with E-state index in [0.717, 1.165) is 11.7 Å². The summed E-state index contributed by atoms with van der Waals surface area (Å²) in [5, 5.41) is 3.95. The minimum Gasteiger partial charge on any atom is -0.339 e. The normalized spacial score (nSPS) is 24.0. The van der Waals surface area contributed by atoms with Crippen molar-refractivity contribution in [1.82, 2.24) is 10.1 Å². The SMILES string of the molecule is C1CC1c1noc(C2CC2)n1. The van der Waals surface area contributed by atoms with Gasteiger partial charge in [-0.05, 0) is 25.7 Å². The summed E-state index contributed by atoms with van der Waals surface area (Å²) in [5.74, 6) is 3.07. The first kappa shape index (κ1) is 5.75. The van der Waals surface area contributed by atoms with Crippen molar-refractivity contribution >= 4 is 0 Å². The Bertz CT molecular complexity index is 247. The van der Waals surface area contributed by atoms with Gasteiger partial charge in [-0.25, -0.2) is 0 Å². The molecule has 1 heterocycles. The maximum absolute atomic E-state index is 5.13. The largest absolute Gasteiger partial charge is 0.339 e. The molecule has 3 rings (SSSR count). The van der Waals surface area contributed by atoms with Crippen LogP contribution in [-0.2, 0) is 0 Å². The zero-order valence-electron chi connectivity index (χ0n) is 6.29. The Kier molecular flexibility index (Phi) is 0.962. The predicted molar refractivity (Wildman–Crippen MR) is 38.2 cm³/mol. The molecule has 2 aliphatic carbocycles. The van der Waals surface area contributed by atoms with E-state index in [0.29, 0.717) is 11.8 Å². The van der Waals surface area contributed by atoms with Crippen LogP contribution in [0.4, 0.5) is 0 Å². The van der Waals surface area contributed by atoms with Crippen molar-refractivity contribution in [3.63, 3.8) is 0 Å². The molecule has 2 fully saturated rings. The average Bonchev–Trinajstić information content (AvgIpc) is 2.90. The molecule has 0 spiro atoms. The summed E-state index contributed by atoms with van der Waals surface area (Å²) in [7, 11) is 0. The van der Waals surface area contributed by atoms with E-state index in [1.54, 1.807) is 0 Å². The molecule has 0 atom stereocenters. The minimum absolute atomic E-state index is 0.606. The Morgan fingerprint density at radius 3 is 2.45 bits per heavy atom. The van der Waals surface area contributed by atoms with Crippen molar-refractivity contribution in [3.05, 3.63) is 11.7 Å². The van der Waals surface area contributed by atoms with Gasteiger partial charge in [0.1, 0.15) is 0 Å². The second kappa shape index (κ2) is 1.84. The second-order valence-electron chi connectivity index (χ2n) is 3.54. The smallest absolute Gasteiger partial charge is 0.229 e. The standard InChI is InChI=1S/C8H10N2O/c1-2-5(1)7-9-8(11-10-7)6-3-4-6/h5-6H,1-4H2. The van der Waals surface area contributed by atoms with Crippen LogP contribution in [0.15, 0.2) is 4.52 Å². The summed E-state index contributed by atoms with van der Waals surface area (Å²) in [5.41, 5.74) is 0. The lowest BCUT2D eigenvalue weighted by atomic mass is 10.4. The summed E-state index contributed by atoms with van der Waals surface area (Å²) < 4.78 is 5.13. The molecule has 1 aromatic heterocycles. The lowest BCUT2D eigenvalue weighted by Crippen LogP contribution is -1.82. The zero-order chi connectivity index (χ0) is 7.26. The molecule has 2 saturated carbocycles. The van der Waals surface area contributed by atoms with E-state index in [4.69, 9.17) is 4.52 Å². The van der Waals surface area contributed by atoms with Gasteiger partial charge in [-0.3, -0.25) is 0 Å². The Hall–Kier alpha value is -0.860. The first-order valence-corrected chi connectivity index (χ1v) is 4.27. The highest BCUT2D eigenvalue weighted by Crippen LogP contribution is 2.42. The fourth-order valence-corrected chi connectivity index (χ4v) is 1.25. The van der Waals surface area contributed by atoms with Gasteiger partial charge in [0.2, 0.25) is 5.89 Å². The highest BCUT2D eigenvalue weighted by Gasteiger charge is 2.33. The average molecular weight is 150 g/mol. The molecular weight excluding hydrogens is 140 g/mol. The lowest BCUT2D eigenvalue weighted by Gasteiger charge is -1.80. The van der Waals surface area contributed by atoms with Crippen molar-refractivity contribution in [2.24, 2.45) is 0 Å². The van der Waals surface area contributed by atoms with Crippen LogP contribution in [-0.4, -0.2) is 10.1 Å². The third-order valence-electron chi connectivity index (χ3n) is 2.33. The van der Waals surface area contributed by atoms with E-state index in [-0.39, 0.29) is 0 Å². The fraction of sp³-hybridized carbons (Fsp3) is 0.750. The van der Waals surface area contributed by atoms with Crippen molar-refractivity contribution in [2.45, 2.75) is 37.5 Å². The van der Waals surface area contributed by atoms with E-state index in [1.807, 2.05) is 0 Å². The summed E-state index contributed by atoms with van der Waals surface area (Å²) in [4.78, 5) is 4.36. The van der Waals surface area contributed by atoms with Crippen molar-refractivity contribution in [2.75, 3.05) is 0 Å². The van der Waals surface area contributed by atoms with E-state index in [2.05, 4.69) is 10.1 Å². The van der Waals surface area contributed by atoms with E-state index >= 15 is 0 Å². The number of rotatable bonds is 2. The van der Waals surface area contributed by atoms with Crippen molar-refractivity contribution in [3.8, 4) is 0 Å². The maximum atomic E-state index is 5.13. The highest BCUT2D eigenvalue weighted by molar-refractivity contribution is 5.07. The van der Waals surface area contributed by atoms with Gasteiger partial charge in [-0.15, -0.1) is 0 Å². The first-order chi connectivity index (χ1) is 5.43. The summed E-state index contributed by atoms with van der Waals surface area (Å²) in [6.45, 7) is 0. The van der Waals surface area contributed by atoms with Crippen LogP contribution in [0.5, 0.6) is 0 Å². The van der Waals surface area contributed by atoms with Gasteiger partial charge in [0.05, 0.1) is 0 Å². The zero-order valence-corrected chi connectivity index (χ0v) is 6.29. The number of hydrogen-bond donors (Lipinski definition) is 0. The minimum atomic E-state index is 0.606. The molecule has 0 bridgehead atoms. The molecule has 11 heavy (non-hydrogen) atoms. The predicted octanol–water partition coefficient (Wildman–Crippen LogP) is 1.82. The lowest BCUT2D eigenvalue weighted by molar-refractivity contribution is 0.374. The quantitative estimate of drug-likeness (QED) is 0.645. The van der Waals surface area contributed by atoms with Gasteiger partial charge < -0.3 is 4.52 Å². The van der Waals surface area contributed by atoms with Crippen molar-refractivity contribution in [1.29, 1.82) is 0 Å². The molecule has 58 valence electrons. The van der Waals surface area contributed by atoms with Crippen LogP contribution < -0.4 is 0 Å². The molecule has 0 aromatic carbocycles. The molecule has 0 N–H and O–H groups in total. The third-order valence-corrected chi connectivity index (χ3v) is 2.33. The van der Waals surface area contributed by atoms with Crippen molar-refractivity contribution < 1.29 is 4.52 Å². The molecule has 2 aliphatic rings. The Morgan fingerprint density at radius 2 is 1.82 bits per heavy atom. The molecule has 0 saturated heterocycles. The van der Waals surface area contributed by atoms with Crippen LogP contribution in [0.3, 0.4) is 0 Å². The van der Waals surface area contributed by atoms with Gasteiger partial charge in [0, 0.05) is 11.8 Å².